The van der Waals surface area contributed by atoms with Gasteiger partial charge in [0.2, 0.25) is 0 Å². The van der Waals surface area contributed by atoms with Crippen LogP contribution in [0.25, 0.3) is 0 Å². The van der Waals surface area contributed by atoms with Crippen molar-refractivity contribution in [2.24, 2.45) is 0 Å². The third-order valence-corrected chi connectivity index (χ3v) is 2.73. The molecule has 68 valence electrons. The molecule has 0 aliphatic carbocycles. The van der Waals surface area contributed by atoms with E-state index < -0.39 is 0 Å². The van der Waals surface area contributed by atoms with Gasteiger partial charge in [-0.15, -0.1) is 11.8 Å². The van der Waals surface area contributed by atoms with Crippen molar-refractivity contribution in [3.8, 4) is 0 Å². The summed E-state index contributed by atoms with van der Waals surface area (Å²) in [5.41, 5.74) is 0. The molecular formula is C8H20N2S. The van der Waals surface area contributed by atoms with Gasteiger partial charge in [-0.2, -0.15) is 0 Å². The van der Waals surface area contributed by atoms with Crippen LogP contribution in [0.3, 0.4) is 0 Å². The third-order valence-electron chi connectivity index (χ3n) is 1.52. The Bertz CT molecular complexity index is 78.5. The van der Waals surface area contributed by atoms with Crippen molar-refractivity contribution in [2.75, 3.05) is 25.9 Å². The smallest absolute Gasteiger partial charge is 0.0541 e. The molecule has 0 rings (SSSR count). The number of hydrogen-bond acceptors (Lipinski definition) is 3. The minimum atomic E-state index is 0.624. The molecule has 0 radical (unpaired) electrons. The Labute approximate surface area is 74.5 Å². The average Bonchev–Trinajstić information content (AvgIpc) is 2.03. The zero-order chi connectivity index (χ0) is 8.53. The zero-order valence-corrected chi connectivity index (χ0v) is 8.63. The molecular weight excluding hydrogens is 156 g/mol. The first-order valence-electron chi connectivity index (χ1n) is 4.34. The van der Waals surface area contributed by atoms with Crippen LogP contribution >= 0.6 is 11.8 Å². The first-order chi connectivity index (χ1) is 5.35. The van der Waals surface area contributed by atoms with Crippen LogP contribution in [0.2, 0.25) is 0 Å². The first kappa shape index (κ1) is 11.3. The van der Waals surface area contributed by atoms with E-state index in [1.807, 2.05) is 18.8 Å². The Hall–Kier alpha value is 0.270. The van der Waals surface area contributed by atoms with E-state index in [1.165, 1.54) is 12.2 Å². The van der Waals surface area contributed by atoms with E-state index in [0.29, 0.717) is 5.37 Å². The van der Waals surface area contributed by atoms with Gasteiger partial charge in [0.25, 0.3) is 0 Å². The number of hydrogen-bond donors (Lipinski definition) is 2. The van der Waals surface area contributed by atoms with Crippen molar-refractivity contribution >= 4 is 11.8 Å². The van der Waals surface area contributed by atoms with Crippen LogP contribution < -0.4 is 10.6 Å². The summed E-state index contributed by atoms with van der Waals surface area (Å²) in [5.74, 6) is 1.19. The molecule has 0 aliphatic heterocycles. The summed E-state index contributed by atoms with van der Waals surface area (Å²) in [6.07, 6.45) is 1.21. The van der Waals surface area contributed by atoms with Gasteiger partial charge in [0, 0.05) is 0 Å². The summed E-state index contributed by atoms with van der Waals surface area (Å²) >= 11 is 1.98. The summed E-state index contributed by atoms with van der Waals surface area (Å²) in [5, 5.41) is 7.23. The monoisotopic (exact) mass is 176 g/mol. The Kier molecular flexibility index (Phi) is 8.57. The molecule has 0 aromatic heterocycles. The molecule has 0 aliphatic rings. The van der Waals surface area contributed by atoms with E-state index in [1.54, 1.807) is 0 Å². The van der Waals surface area contributed by atoms with Gasteiger partial charge in [0.15, 0.2) is 0 Å². The molecule has 0 aromatic rings. The average molecular weight is 176 g/mol. The van der Waals surface area contributed by atoms with Crippen molar-refractivity contribution in [3.05, 3.63) is 0 Å². The molecule has 1 unspecified atom stereocenters. The van der Waals surface area contributed by atoms with Crippen LogP contribution in [0, 0.1) is 0 Å². The lowest BCUT2D eigenvalue weighted by atomic mass is 10.4. The third kappa shape index (κ3) is 6.66. The predicted molar refractivity (Wildman–Crippen MR) is 54.1 cm³/mol. The van der Waals surface area contributed by atoms with E-state index in [-0.39, 0.29) is 0 Å². The van der Waals surface area contributed by atoms with Crippen molar-refractivity contribution in [1.29, 1.82) is 0 Å². The quantitative estimate of drug-likeness (QED) is 0.451. The summed E-state index contributed by atoms with van der Waals surface area (Å²) in [6, 6.07) is 0. The molecule has 1 atom stereocenters. The molecule has 3 heteroatoms. The zero-order valence-electron chi connectivity index (χ0n) is 7.81. The Morgan fingerprint density at radius 3 is 2.55 bits per heavy atom. The molecule has 2 N–H and O–H groups in total. The van der Waals surface area contributed by atoms with Gasteiger partial charge in [-0.1, -0.05) is 13.8 Å². The minimum absolute atomic E-state index is 0.624. The lowest BCUT2D eigenvalue weighted by molar-refractivity contribution is 0.615. The SMILES string of the molecule is CCNCCC(NC)SCC. The molecule has 0 fully saturated rings. The maximum Gasteiger partial charge on any atom is 0.0541 e. The van der Waals surface area contributed by atoms with E-state index >= 15 is 0 Å². The Balaban J connectivity index is 3.20. The molecule has 0 bridgehead atoms. The fourth-order valence-electron chi connectivity index (χ4n) is 0.922. The summed E-state index contributed by atoms with van der Waals surface area (Å²) in [7, 11) is 2.03. The van der Waals surface area contributed by atoms with Crippen LogP contribution in [0.15, 0.2) is 0 Å². The van der Waals surface area contributed by atoms with Gasteiger partial charge in [-0.3, -0.25) is 0 Å². The van der Waals surface area contributed by atoms with Gasteiger partial charge in [0.05, 0.1) is 5.37 Å². The van der Waals surface area contributed by atoms with Crippen molar-refractivity contribution in [2.45, 2.75) is 25.6 Å². The van der Waals surface area contributed by atoms with Gasteiger partial charge >= 0.3 is 0 Å². The lowest BCUT2D eigenvalue weighted by Crippen LogP contribution is -2.27. The normalized spacial score (nSPS) is 13.4. The standard InChI is InChI=1S/C8H20N2S/c1-4-10-7-6-8(9-3)11-5-2/h8-10H,4-7H2,1-3H3. The maximum atomic E-state index is 3.32. The molecule has 0 saturated carbocycles. The molecule has 2 nitrogen and oxygen atoms in total. The van der Waals surface area contributed by atoms with E-state index in [4.69, 9.17) is 0 Å². The second-order valence-electron chi connectivity index (χ2n) is 2.37. The molecule has 0 saturated heterocycles. The topological polar surface area (TPSA) is 24.1 Å². The van der Waals surface area contributed by atoms with Gasteiger partial charge in [-0.25, -0.2) is 0 Å². The predicted octanol–water partition coefficient (Wildman–Crippen LogP) is 1.28. The molecule has 0 heterocycles. The van der Waals surface area contributed by atoms with E-state index in [9.17, 15) is 0 Å². The summed E-state index contributed by atoms with van der Waals surface area (Å²) in [4.78, 5) is 0. The van der Waals surface area contributed by atoms with Gasteiger partial charge < -0.3 is 10.6 Å². The van der Waals surface area contributed by atoms with E-state index in [0.717, 1.165) is 13.1 Å². The highest BCUT2D eigenvalue weighted by atomic mass is 32.2. The molecule has 0 spiro atoms. The largest absolute Gasteiger partial charge is 0.317 e. The van der Waals surface area contributed by atoms with Crippen molar-refractivity contribution < 1.29 is 0 Å². The van der Waals surface area contributed by atoms with Crippen LogP contribution in [-0.2, 0) is 0 Å². The number of rotatable bonds is 7. The highest BCUT2D eigenvalue weighted by Crippen LogP contribution is 2.09. The van der Waals surface area contributed by atoms with Gasteiger partial charge in [-0.05, 0) is 32.3 Å². The summed E-state index contributed by atoms with van der Waals surface area (Å²) in [6.45, 7) is 6.53. The first-order valence-corrected chi connectivity index (χ1v) is 5.39. The fourth-order valence-corrected chi connectivity index (χ4v) is 1.78. The van der Waals surface area contributed by atoms with Crippen molar-refractivity contribution in [3.63, 3.8) is 0 Å². The highest BCUT2D eigenvalue weighted by Gasteiger charge is 2.02. The molecule has 11 heavy (non-hydrogen) atoms. The van der Waals surface area contributed by atoms with Crippen LogP contribution in [0.5, 0.6) is 0 Å². The lowest BCUT2D eigenvalue weighted by Gasteiger charge is -2.14. The summed E-state index contributed by atoms with van der Waals surface area (Å²) < 4.78 is 0. The minimum Gasteiger partial charge on any atom is -0.317 e. The second kappa shape index (κ2) is 8.37. The fraction of sp³-hybridized carbons (Fsp3) is 1.00. The highest BCUT2D eigenvalue weighted by molar-refractivity contribution is 7.99. The van der Waals surface area contributed by atoms with Crippen molar-refractivity contribution in [1.82, 2.24) is 10.6 Å². The van der Waals surface area contributed by atoms with E-state index in [2.05, 4.69) is 24.5 Å². The Morgan fingerprint density at radius 2 is 2.09 bits per heavy atom. The number of thioether (sulfide) groups is 1. The molecule has 0 aromatic carbocycles. The molecule has 0 amide bonds. The van der Waals surface area contributed by atoms with Crippen LogP contribution in [0.1, 0.15) is 20.3 Å². The number of nitrogens with one attached hydrogen (secondary N) is 2. The Morgan fingerprint density at radius 1 is 1.36 bits per heavy atom. The van der Waals surface area contributed by atoms with Crippen LogP contribution in [-0.4, -0.2) is 31.3 Å². The second-order valence-corrected chi connectivity index (χ2v) is 3.85. The maximum absolute atomic E-state index is 3.32. The van der Waals surface area contributed by atoms with Gasteiger partial charge in [0.1, 0.15) is 0 Å². The van der Waals surface area contributed by atoms with Crippen LogP contribution in [0.4, 0.5) is 0 Å².